The molecule has 0 bridgehead atoms. The van der Waals surface area contributed by atoms with Crippen molar-refractivity contribution in [1.82, 2.24) is 15.0 Å². The smallest absolute Gasteiger partial charge is 0.253 e. The largest absolute Gasteiger partial charge is 0.700 e. The Hall–Kier alpha value is -4.20. The Kier molecular flexibility index (Phi) is 6.76. The fourth-order valence-corrected chi connectivity index (χ4v) is 1.21. The standard InChI is InChI=1S/C3H6N6O6.C2H2N3O6/c10-7(11)4-1-5(8(12)13)3-6(2-4)9(14)15;1-2(3(6)7,4(8)9)5(10)11/h1-3H2;1H2. The topological polar surface area (TPSA) is 269 Å². The van der Waals surface area contributed by atoms with Crippen LogP contribution in [0.5, 0.6) is 0 Å². The molecule has 0 atom stereocenters. The zero-order chi connectivity index (χ0) is 20.8. The highest BCUT2D eigenvalue weighted by molar-refractivity contribution is 4.53. The van der Waals surface area contributed by atoms with E-state index in [-0.39, 0.29) is 0 Å². The molecule has 1 fully saturated rings. The number of hydrogen-bond acceptors (Lipinski definition) is 12. The first-order valence-corrected chi connectivity index (χ1v) is 5.71. The predicted octanol–water partition coefficient (Wildman–Crippen LogP) is -2.34. The molecule has 1 aliphatic rings. The van der Waals surface area contributed by atoms with Crippen molar-refractivity contribution in [2.75, 3.05) is 20.0 Å². The Labute approximate surface area is 139 Å². The molecular weight excluding hydrogens is 378 g/mol. The highest BCUT2D eigenvalue weighted by Gasteiger charge is 2.65. The van der Waals surface area contributed by atoms with Crippen molar-refractivity contribution < 1.29 is 29.9 Å². The third kappa shape index (κ3) is 4.90. The maximum Gasteiger partial charge on any atom is 0.700 e. The molecule has 21 heteroatoms. The molecule has 0 N–H and O–H groups in total. The lowest BCUT2D eigenvalue weighted by Gasteiger charge is -2.27. The minimum absolute atomic E-state index is 0.370. The molecule has 0 aromatic heterocycles. The normalized spacial score (nSPS) is 14.0. The summed E-state index contributed by atoms with van der Waals surface area (Å²) < 4.78 is 0. The van der Waals surface area contributed by atoms with Crippen molar-refractivity contribution in [3.8, 4) is 0 Å². The summed E-state index contributed by atoms with van der Waals surface area (Å²) in [5.74, 6) is -3.58. The van der Waals surface area contributed by atoms with Crippen LogP contribution in [0.2, 0.25) is 0 Å². The number of nitro groups is 6. The maximum atomic E-state index is 10.3. The van der Waals surface area contributed by atoms with Gasteiger partial charge in [0.2, 0.25) is 20.0 Å². The van der Waals surface area contributed by atoms with E-state index in [1.54, 1.807) is 0 Å². The summed E-state index contributed by atoms with van der Waals surface area (Å²) in [5.41, 5.74) is 0. The summed E-state index contributed by atoms with van der Waals surface area (Å²) in [4.78, 5) is 55.2. The van der Waals surface area contributed by atoms with Crippen LogP contribution in [0.4, 0.5) is 0 Å². The second kappa shape index (κ2) is 8.06. The van der Waals surface area contributed by atoms with Gasteiger partial charge < -0.3 is 0 Å². The van der Waals surface area contributed by atoms with Crippen LogP contribution in [0.1, 0.15) is 0 Å². The quantitative estimate of drug-likeness (QED) is 0.262. The highest BCUT2D eigenvalue weighted by Crippen LogP contribution is 2.09. The van der Waals surface area contributed by atoms with Crippen molar-refractivity contribution in [2.24, 2.45) is 0 Å². The zero-order valence-corrected chi connectivity index (χ0v) is 12.3. The molecule has 0 aliphatic carbocycles. The molecule has 1 saturated heterocycles. The third-order valence-electron chi connectivity index (χ3n) is 2.55. The highest BCUT2D eigenvalue weighted by atomic mass is 16.7. The Morgan fingerprint density at radius 2 is 0.769 bits per heavy atom. The van der Waals surface area contributed by atoms with Crippen molar-refractivity contribution >= 4 is 0 Å². The Bertz CT molecular complexity index is 545. The first-order valence-electron chi connectivity index (χ1n) is 5.71. The van der Waals surface area contributed by atoms with Gasteiger partial charge in [-0.05, 0) is 0 Å². The van der Waals surface area contributed by atoms with E-state index >= 15 is 0 Å². The number of hydrogen-bond donors (Lipinski definition) is 0. The molecule has 21 nitrogen and oxygen atoms in total. The first kappa shape index (κ1) is 21.8. The molecule has 0 aromatic rings. The molecule has 145 valence electrons. The number of rotatable bonds is 6. The lowest BCUT2D eigenvalue weighted by atomic mass is 10.5. The van der Waals surface area contributed by atoms with Gasteiger partial charge in [-0.3, -0.25) is 30.3 Å². The lowest BCUT2D eigenvalue weighted by Crippen LogP contribution is -2.59. The fourth-order valence-electron chi connectivity index (χ4n) is 1.21. The van der Waals surface area contributed by atoms with Gasteiger partial charge in [0, 0.05) is 0 Å². The van der Waals surface area contributed by atoms with Gasteiger partial charge in [-0.1, -0.05) is 15.0 Å². The van der Waals surface area contributed by atoms with Crippen LogP contribution < -0.4 is 0 Å². The average Bonchev–Trinajstić information content (AvgIpc) is 2.53. The van der Waals surface area contributed by atoms with E-state index in [0.29, 0.717) is 15.0 Å². The number of nitrogens with zero attached hydrogens (tertiary/aromatic N) is 9. The maximum absolute atomic E-state index is 10.3. The molecule has 1 aliphatic heterocycles. The SMILES string of the molecule is O=[N+]([O-])N1CN([N+](=O)[O-])CN([N+](=O)[O-])C1.[CH2]C([N+](=O)[O-])([N+](=O)[O-])[N+](=O)[O-]. The monoisotopic (exact) mass is 386 g/mol. The van der Waals surface area contributed by atoms with Gasteiger partial charge in [-0.15, -0.1) is 0 Å². The molecule has 0 unspecified atom stereocenters. The summed E-state index contributed by atoms with van der Waals surface area (Å²) >= 11 is 0. The molecule has 1 heterocycles. The van der Waals surface area contributed by atoms with Crippen LogP contribution in [-0.4, -0.2) is 70.7 Å². The van der Waals surface area contributed by atoms with Crippen molar-refractivity contribution in [3.05, 3.63) is 67.6 Å². The second-order valence-electron chi connectivity index (χ2n) is 4.20. The van der Waals surface area contributed by atoms with Crippen LogP contribution in [0, 0.1) is 67.6 Å². The summed E-state index contributed by atoms with van der Waals surface area (Å²) in [7, 11) is 0. The minimum Gasteiger partial charge on any atom is -0.253 e. The van der Waals surface area contributed by atoms with Crippen LogP contribution in [0.25, 0.3) is 0 Å². The molecule has 1 rings (SSSR count). The molecule has 0 aromatic carbocycles. The van der Waals surface area contributed by atoms with E-state index in [4.69, 9.17) is 0 Å². The average molecular weight is 386 g/mol. The van der Waals surface area contributed by atoms with Crippen molar-refractivity contribution in [3.63, 3.8) is 0 Å². The van der Waals surface area contributed by atoms with Gasteiger partial charge in [-0.2, -0.15) is 0 Å². The summed E-state index contributed by atoms with van der Waals surface area (Å²) in [6, 6.07) is 0. The first-order chi connectivity index (χ1) is 11.7. The van der Waals surface area contributed by atoms with Crippen molar-refractivity contribution in [1.29, 1.82) is 0 Å². The van der Waals surface area contributed by atoms with E-state index < -0.39 is 55.7 Å². The van der Waals surface area contributed by atoms with Gasteiger partial charge in [0.25, 0.3) is 0 Å². The summed E-state index contributed by atoms with van der Waals surface area (Å²) in [6.45, 7) is 0.492. The third-order valence-corrected chi connectivity index (χ3v) is 2.55. The second-order valence-corrected chi connectivity index (χ2v) is 4.20. The molecule has 1 radical (unpaired) electrons. The van der Waals surface area contributed by atoms with Crippen molar-refractivity contribution in [2.45, 2.75) is 5.79 Å². The van der Waals surface area contributed by atoms with Gasteiger partial charge in [0.1, 0.15) is 0 Å². The zero-order valence-electron chi connectivity index (χ0n) is 12.3. The molecular formula is C5H8N9O12. The van der Waals surface area contributed by atoms with E-state index in [9.17, 15) is 60.7 Å². The van der Waals surface area contributed by atoms with Crippen LogP contribution >= 0.6 is 0 Å². The molecule has 0 saturated carbocycles. The van der Waals surface area contributed by atoms with Crippen LogP contribution in [0.15, 0.2) is 0 Å². The van der Waals surface area contributed by atoms with Gasteiger partial charge in [-0.25, -0.2) is 30.3 Å². The predicted molar refractivity (Wildman–Crippen MR) is 70.2 cm³/mol. The summed E-state index contributed by atoms with van der Waals surface area (Å²) in [5, 5.41) is 58.6. The lowest BCUT2D eigenvalue weighted by molar-refractivity contribution is -0.955. The Morgan fingerprint density at radius 3 is 0.846 bits per heavy atom. The number of hydrazine groups is 3. The molecule has 0 amide bonds. The van der Waals surface area contributed by atoms with Gasteiger partial charge in [0.05, 0.1) is 0 Å². The summed E-state index contributed by atoms with van der Waals surface area (Å²) in [6.07, 6.45) is 0. The van der Waals surface area contributed by atoms with E-state index in [1.807, 2.05) is 0 Å². The van der Waals surface area contributed by atoms with Gasteiger partial charge >= 0.3 is 5.79 Å². The van der Waals surface area contributed by atoms with Crippen LogP contribution in [0.3, 0.4) is 0 Å². The Balaban J connectivity index is 0.000000508. The van der Waals surface area contributed by atoms with E-state index in [0.717, 1.165) is 0 Å². The van der Waals surface area contributed by atoms with E-state index in [2.05, 4.69) is 6.92 Å². The van der Waals surface area contributed by atoms with Gasteiger partial charge in [0.15, 0.2) is 36.8 Å². The molecule has 0 spiro atoms. The Morgan fingerprint density at radius 1 is 0.577 bits per heavy atom. The minimum atomic E-state index is -3.58. The van der Waals surface area contributed by atoms with E-state index in [1.165, 1.54) is 0 Å². The molecule has 26 heavy (non-hydrogen) atoms. The fraction of sp³-hybridized carbons (Fsp3) is 0.800. The van der Waals surface area contributed by atoms with Crippen LogP contribution in [-0.2, 0) is 0 Å².